The fraction of sp³-hybridized carbons (Fsp3) is 0.345. The van der Waals surface area contributed by atoms with Gasteiger partial charge in [0.2, 0.25) is 6.41 Å². The minimum Gasteiger partial charge on any atom is -0.464 e. The number of anilines is 3. The number of nitrogen functional groups attached to an aromatic ring is 1. The highest BCUT2D eigenvalue weighted by Crippen LogP contribution is 2.35. The van der Waals surface area contributed by atoms with Crippen molar-refractivity contribution in [3.63, 3.8) is 0 Å². The van der Waals surface area contributed by atoms with Gasteiger partial charge in [-0.3, -0.25) is 14.6 Å². The van der Waals surface area contributed by atoms with Crippen LogP contribution in [0.25, 0.3) is 0 Å². The first kappa shape index (κ1) is 30.4. The number of esters is 1. The zero-order valence-corrected chi connectivity index (χ0v) is 24.1. The van der Waals surface area contributed by atoms with Gasteiger partial charge in [0, 0.05) is 26.3 Å². The molecule has 1 heterocycles. The van der Waals surface area contributed by atoms with Crippen LogP contribution in [0.4, 0.5) is 22.1 Å². The van der Waals surface area contributed by atoms with E-state index in [0.29, 0.717) is 11.6 Å². The lowest BCUT2D eigenvalue weighted by molar-refractivity contribution is -0.148. The number of thioether (sulfide) groups is 1. The van der Waals surface area contributed by atoms with Crippen molar-refractivity contribution in [3.05, 3.63) is 71.8 Å². The van der Waals surface area contributed by atoms with Crippen molar-refractivity contribution in [2.24, 2.45) is 0 Å². The Bertz CT molecular complexity index is 1280. The molecule has 3 rings (SSSR count). The number of nitrogens with zero attached hydrogens (tertiary/aromatic N) is 5. The number of likely N-dealkylation sites (N-methyl/N-ethyl adjacent to an activating group) is 1. The number of urea groups is 1. The Labute approximate surface area is 239 Å². The van der Waals surface area contributed by atoms with Gasteiger partial charge in [0.15, 0.2) is 16.8 Å². The van der Waals surface area contributed by atoms with Crippen LogP contribution in [0.2, 0.25) is 0 Å². The SMILES string of the molecule is CCCSc1nc(N)c(N(C)C(=O)N(C)C(Cc2ccccc2)C(=O)OCC)c(N(C=O)Cc2ccccc2)n1. The van der Waals surface area contributed by atoms with Gasteiger partial charge in [0.1, 0.15) is 11.7 Å². The van der Waals surface area contributed by atoms with Crippen molar-refractivity contribution in [1.82, 2.24) is 14.9 Å². The second-order valence-electron chi connectivity index (χ2n) is 9.04. The van der Waals surface area contributed by atoms with Crippen LogP contribution in [0.15, 0.2) is 65.8 Å². The molecule has 2 N–H and O–H groups in total. The fourth-order valence-corrected chi connectivity index (χ4v) is 4.78. The van der Waals surface area contributed by atoms with Gasteiger partial charge in [-0.1, -0.05) is 79.3 Å². The summed E-state index contributed by atoms with van der Waals surface area (Å²) in [5, 5.41) is 0.403. The summed E-state index contributed by atoms with van der Waals surface area (Å²) in [5.74, 6) is 0.481. The average Bonchev–Trinajstić information content (AvgIpc) is 2.97. The summed E-state index contributed by atoms with van der Waals surface area (Å²) >= 11 is 1.41. The van der Waals surface area contributed by atoms with E-state index in [1.807, 2.05) is 67.6 Å². The Kier molecular flexibility index (Phi) is 11.3. The molecule has 0 aliphatic carbocycles. The lowest BCUT2D eigenvalue weighted by atomic mass is 10.1. The smallest absolute Gasteiger partial charge is 0.329 e. The molecule has 0 bridgehead atoms. The number of hydrogen-bond donors (Lipinski definition) is 1. The predicted molar refractivity (Wildman–Crippen MR) is 158 cm³/mol. The minimum atomic E-state index is -0.895. The van der Waals surface area contributed by atoms with E-state index < -0.39 is 18.0 Å². The third-order valence-corrected chi connectivity index (χ3v) is 7.18. The van der Waals surface area contributed by atoms with Gasteiger partial charge in [-0.05, 0) is 24.5 Å². The Morgan fingerprint density at radius 3 is 2.20 bits per heavy atom. The zero-order chi connectivity index (χ0) is 29.1. The third kappa shape index (κ3) is 7.72. The van der Waals surface area contributed by atoms with Gasteiger partial charge >= 0.3 is 12.0 Å². The molecular weight excluding hydrogens is 528 g/mol. The van der Waals surface area contributed by atoms with Crippen LogP contribution in [0, 0.1) is 0 Å². The van der Waals surface area contributed by atoms with E-state index in [1.54, 1.807) is 6.92 Å². The van der Waals surface area contributed by atoms with Gasteiger partial charge in [0.25, 0.3) is 0 Å². The Morgan fingerprint density at radius 2 is 1.62 bits per heavy atom. The number of carbonyl (C=O) groups is 3. The second-order valence-corrected chi connectivity index (χ2v) is 10.1. The number of benzene rings is 2. The van der Waals surface area contributed by atoms with E-state index >= 15 is 0 Å². The molecule has 0 spiro atoms. The van der Waals surface area contributed by atoms with Crippen LogP contribution in [0.5, 0.6) is 0 Å². The number of rotatable bonds is 13. The maximum absolute atomic E-state index is 13.8. The number of carbonyl (C=O) groups excluding carboxylic acids is 3. The monoisotopic (exact) mass is 564 g/mol. The van der Waals surface area contributed by atoms with E-state index in [-0.39, 0.29) is 36.9 Å². The Morgan fingerprint density at radius 1 is 1.00 bits per heavy atom. The summed E-state index contributed by atoms with van der Waals surface area (Å²) in [4.78, 5) is 52.2. The standard InChI is InChI=1S/C29H36N6O4S/c1-5-17-40-28-31-25(30)24(26(32-28)35(20-36)19-22-15-11-8-12-16-22)34(4)29(38)33(3)23(27(37)39-6-2)18-21-13-9-7-10-14-21/h7-16,20,23H,5-6,17-19H2,1-4H3,(H2,30,31,32). The van der Waals surface area contributed by atoms with E-state index in [0.717, 1.165) is 23.3 Å². The summed E-state index contributed by atoms with van der Waals surface area (Å²) in [5.41, 5.74) is 8.33. The highest BCUT2D eigenvalue weighted by Gasteiger charge is 2.33. The summed E-state index contributed by atoms with van der Waals surface area (Å²) in [6.07, 6.45) is 1.81. The molecule has 3 amide bonds. The molecule has 11 heteroatoms. The van der Waals surface area contributed by atoms with Crippen LogP contribution < -0.4 is 15.5 Å². The number of aromatic nitrogens is 2. The lowest BCUT2D eigenvalue weighted by Crippen LogP contribution is -2.50. The van der Waals surface area contributed by atoms with Gasteiger partial charge in [-0.2, -0.15) is 0 Å². The second kappa shape index (κ2) is 14.9. The molecule has 1 atom stereocenters. The minimum absolute atomic E-state index is 0.0449. The van der Waals surface area contributed by atoms with Gasteiger partial charge in [-0.25, -0.2) is 19.6 Å². The maximum atomic E-state index is 13.8. The molecular formula is C29H36N6O4S. The van der Waals surface area contributed by atoms with Crippen molar-refractivity contribution in [1.29, 1.82) is 0 Å². The summed E-state index contributed by atoms with van der Waals surface area (Å²) in [6.45, 7) is 4.14. The molecule has 40 heavy (non-hydrogen) atoms. The normalized spacial score (nSPS) is 11.4. The van der Waals surface area contributed by atoms with Gasteiger partial charge < -0.3 is 15.4 Å². The highest BCUT2D eigenvalue weighted by molar-refractivity contribution is 7.99. The first-order valence-electron chi connectivity index (χ1n) is 13.1. The van der Waals surface area contributed by atoms with Gasteiger partial charge in [0.05, 0.1) is 13.2 Å². The topological polar surface area (TPSA) is 122 Å². The largest absolute Gasteiger partial charge is 0.464 e. The van der Waals surface area contributed by atoms with Crippen molar-refractivity contribution in [3.8, 4) is 0 Å². The number of hydrogen-bond acceptors (Lipinski definition) is 8. The molecule has 2 aromatic carbocycles. The third-order valence-electron chi connectivity index (χ3n) is 6.12. The molecule has 0 fully saturated rings. The molecule has 10 nitrogen and oxygen atoms in total. The highest BCUT2D eigenvalue weighted by atomic mass is 32.2. The molecule has 0 aliphatic rings. The van der Waals surface area contributed by atoms with E-state index in [9.17, 15) is 14.4 Å². The molecule has 212 valence electrons. The number of ether oxygens (including phenoxy) is 1. The lowest BCUT2D eigenvalue weighted by Gasteiger charge is -2.32. The van der Waals surface area contributed by atoms with Crippen LogP contribution >= 0.6 is 11.8 Å². The summed E-state index contributed by atoms with van der Waals surface area (Å²) in [7, 11) is 3.06. The Hall–Kier alpha value is -4.12. The summed E-state index contributed by atoms with van der Waals surface area (Å²) < 4.78 is 5.30. The molecule has 0 saturated carbocycles. The van der Waals surface area contributed by atoms with E-state index in [2.05, 4.69) is 9.97 Å². The van der Waals surface area contributed by atoms with E-state index in [4.69, 9.17) is 10.5 Å². The molecule has 0 aliphatic heterocycles. The van der Waals surface area contributed by atoms with Gasteiger partial charge in [-0.15, -0.1) is 0 Å². The van der Waals surface area contributed by atoms with E-state index in [1.165, 1.54) is 40.6 Å². The number of amides is 3. The fourth-order valence-electron chi connectivity index (χ4n) is 4.08. The van der Waals surface area contributed by atoms with Crippen molar-refractivity contribution >= 4 is 47.5 Å². The molecule has 0 saturated heterocycles. The van der Waals surface area contributed by atoms with Crippen LogP contribution in [0.3, 0.4) is 0 Å². The first-order chi connectivity index (χ1) is 19.3. The zero-order valence-electron chi connectivity index (χ0n) is 23.3. The first-order valence-corrected chi connectivity index (χ1v) is 14.1. The molecule has 1 unspecified atom stereocenters. The molecule has 0 radical (unpaired) electrons. The average molecular weight is 565 g/mol. The molecule has 3 aromatic rings. The number of nitrogens with two attached hydrogens (primary N) is 1. The summed E-state index contributed by atoms with van der Waals surface area (Å²) in [6, 6.07) is 17.4. The Balaban J connectivity index is 2.01. The molecule has 1 aromatic heterocycles. The predicted octanol–water partition coefficient (Wildman–Crippen LogP) is 4.39. The van der Waals surface area contributed by atoms with Crippen LogP contribution in [0.1, 0.15) is 31.4 Å². The van der Waals surface area contributed by atoms with Crippen LogP contribution in [-0.4, -0.2) is 65.8 Å². The van der Waals surface area contributed by atoms with Crippen molar-refractivity contribution in [2.75, 3.05) is 42.0 Å². The maximum Gasteiger partial charge on any atom is 0.329 e. The van der Waals surface area contributed by atoms with Crippen molar-refractivity contribution in [2.45, 2.75) is 44.4 Å². The quantitative estimate of drug-likeness (QED) is 0.140. The van der Waals surface area contributed by atoms with Crippen molar-refractivity contribution < 1.29 is 19.1 Å². The van der Waals surface area contributed by atoms with Crippen LogP contribution in [-0.2, 0) is 27.3 Å².